The lowest BCUT2D eigenvalue weighted by atomic mass is 10.6. The van der Waals surface area contributed by atoms with Crippen LogP contribution in [0.5, 0.6) is 0 Å². The Morgan fingerprint density at radius 2 is 1.88 bits per heavy atom. The third kappa shape index (κ3) is 5.29. The molecule has 0 aliphatic heterocycles. The number of nitrogens with two attached hydrogens (primary N) is 1. The monoisotopic (exact) mass is 126 g/mol. The van der Waals surface area contributed by atoms with Crippen molar-refractivity contribution in [2.45, 2.75) is 6.18 Å². The van der Waals surface area contributed by atoms with Crippen LogP contribution in [0.15, 0.2) is 12.3 Å². The summed E-state index contributed by atoms with van der Waals surface area (Å²) in [5.41, 5.74) is 1.72. The van der Waals surface area contributed by atoms with Gasteiger partial charge in [0.15, 0.2) is 0 Å². The van der Waals surface area contributed by atoms with Gasteiger partial charge in [-0.15, -0.1) is 0 Å². The Kier molecular flexibility index (Phi) is 2.33. The molecule has 0 aromatic rings. The van der Waals surface area contributed by atoms with Crippen molar-refractivity contribution in [3.8, 4) is 0 Å². The van der Waals surface area contributed by atoms with Crippen LogP contribution in [0.3, 0.4) is 0 Å². The van der Waals surface area contributed by atoms with Gasteiger partial charge < -0.3 is 5.43 Å². The minimum atomic E-state index is -4.27. The van der Waals surface area contributed by atoms with Crippen molar-refractivity contribution in [3.63, 3.8) is 0 Å². The predicted octanol–water partition coefficient (Wildman–Crippen LogP) is 0.526. The molecule has 0 fully saturated rings. The molecule has 0 rings (SSSR count). The van der Waals surface area contributed by atoms with Crippen LogP contribution in [0.2, 0.25) is 0 Å². The zero-order valence-corrected chi connectivity index (χ0v) is 3.87. The fourth-order valence-electron chi connectivity index (χ4n) is 0.143. The molecular weight excluding hydrogens is 121 g/mol. The first-order chi connectivity index (χ1) is 3.56. The molecule has 0 atom stereocenters. The number of alkyl halides is 3. The molecule has 0 saturated carbocycles. The average molecular weight is 126 g/mol. The third-order valence-corrected chi connectivity index (χ3v) is 0.369. The highest BCUT2D eigenvalue weighted by atomic mass is 19.4. The van der Waals surface area contributed by atoms with E-state index in [-0.39, 0.29) is 6.08 Å². The van der Waals surface area contributed by atoms with Gasteiger partial charge in [-0.05, 0) is 0 Å². The second-order valence-corrected chi connectivity index (χ2v) is 1.04. The van der Waals surface area contributed by atoms with Crippen molar-refractivity contribution in [3.05, 3.63) is 12.3 Å². The van der Waals surface area contributed by atoms with E-state index in [0.29, 0.717) is 6.20 Å². The van der Waals surface area contributed by atoms with Gasteiger partial charge in [-0.3, -0.25) is 5.84 Å². The molecule has 0 aliphatic rings. The first-order valence-corrected chi connectivity index (χ1v) is 1.77. The van der Waals surface area contributed by atoms with Gasteiger partial charge in [-0.1, -0.05) is 0 Å². The van der Waals surface area contributed by atoms with Crippen LogP contribution in [0.4, 0.5) is 13.2 Å². The number of halogens is 3. The molecule has 0 aliphatic carbocycles. The summed E-state index contributed by atoms with van der Waals surface area (Å²) >= 11 is 0. The van der Waals surface area contributed by atoms with Gasteiger partial charge in [-0.2, -0.15) is 13.2 Å². The number of hydrogen-bond donors (Lipinski definition) is 2. The third-order valence-electron chi connectivity index (χ3n) is 0.369. The van der Waals surface area contributed by atoms with Gasteiger partial charge >= 0.3 is 6.18 Å². The van der Waals surface area contributed by atoms with Crippen molar-refractivity contribution in [1.82, 2.24) is 5.43 Å². The van der Waals surface area contributed by atoms with E-state index in [1.807, 2.05) is 0 Å². The molecule has 2 nitrogen and oxygen atoms in total. The van der Waals surface area contributed by atoms with Gasteiger partial charge in [0.2, 0.25) is 0 Å². The Morgan fingerprint density at radius 1 is 1.38 bits per heavy atom. The second kappa shape index (κ2) is 2.56. The van der Waals surface area contributed by atoms with E-state index in [4.69, 9.17) is 0 Å². The van der Waals surface area contributed by atoms with E-state index >= 15 is 0 Å². The SMILES string of the molecule is NN/C=C/C(F)(F)F. The van der Waals surface area contributed by atoms with Crippen LogP contribution < -0.4 is 11.3 Å². The standard InChI is InChI=1S/C3H5F3N2/c4-3(5,6)1-2-8-7/h1-2,8H,7H2/b2-1+. The molecule has 0 bridgehead atoms. The minimum absolute atomic E-state index is 0.00694. The van der Waals surface area contributed by atoms with Crippen molar-refractivity contribution in [1.29, 1.82) is 0 Å². The number of nitrogens with one attached hydrogen (secondary N) is 1. The Balaban J connectivity index is 3.52. The summed E-state index contributed by atoms with van der Waals surface area (Å²) in [7, 11) is 0. The number of hydrazine groups is 1. The molecule has 0 aromatic carbocycles. The maximum absolute atomic E-state index is 11.1. The summed E-state index contributed by atoms with van der Waals surface area (Å²) in [4.78, 5) is 0. The van der Waals surface area contributed by atoms with E-state index in [9.17, 15) is 13.2 Å². The highest BCUT2D eigenvalue weighted by Gasteiger charge is 2.21. The average Bonchev–Trinajstić information content (AvgIpc) is 1.59. The molecule has 0 radical (unpaired) electrons. The fourth-order valence-corrected chi connectivity index (χ4v) is 0.143. The number of rotatable bonds is 1. The lowest BCUT2D eigenvalue weighted by Crippen LogP contribution is -2.15. The highest BCUT2D eigenvalue weighted by molar-refractivity contribution is 4.84. The highest BCUT2D eigenvalue weighted by Crippen LogP contribution is 2.14. The number of allylic oxidation sites excluding steroid dienone is 1. The first kappa shape index (κ1) is 7.29. The number of hydrogen-bond acceptors (Lipinski definition) is 2. The van der Waals surface area contributed by atoms with Crippen LogP contribution in [0.1, 0.15) is 0 Å². The van der Waals surface area contributed by atoms with Gasteiger partial charge in [0.05, 0.1) is 0 Å². The normalized spacial score (nSPS) is 12.5. The fraction of sp³-hybridized carbons (Fsp3) is 0.333. The van der Waals surface area contributed by atoms with E-state index < -0.39 is 6.18 Å². The smallest absolute Gasteiger partial charge is 0.331 e. The van der Waals surface area contributed by atoms with Gasteiger partial charge in [0, 0.05) is 12.3 Å². The van der Waals surface area contributed by atoms with Crippen molar-refractivity contribution in [2.75, 3.05) is 0 Å². The molecule has 48 valence electrons. The molecular formula is C3H5F3N2. The van der Waals surface area contributed by atoms with Crippen molar-refractivity contribution < 1.29 is 13.2 Å². The molecule has 0 unspecified atom stereocenters. The second-order valence-electron chi connectivity index (χ2n) is 1.04. The molecule has 8 heavy (non-hydrogen) atoms. The molecule has 0 saturated heterocycles. The van der Waals surface area contributed by atoms with Crippen LogP contribution in [0.25, 0.3) is 0 Å². The largest absolute Gasteiger partial charge is 0.411 e. The van der Waals surface area contributed by atoms with Crippen LogP contribution in [0, 0.1) is 0 Å². The quantitative estimate of drug-likeness (QED) is 0.397. The van der Waals surface area contributed by atoms with E-state index in [2.05, 4.69) is 5.84 Å². The summed E-state index contributed by atoms with van der Waals surface area (Å²) in [6, 6.07) is 0. The van der Waals surface area contributed by atoms with Crippen molar-refractivity contribution in [2.24, 2.45) is 5.84 Å². The Bertz CT molecular complexity index is 85.0. The van der Waals surface area contributed by atoms with Gasteiger partial charge in [0.25, 0.3) is 0 Å². The molecule has 3 N–H and O–H groups in total. The molecule has 5 heteroatoms. The lowest BCUT2D eigenvalue weighted by molar-refractivity contribution is -0.0801. The van der Waals surface area contributed by atoms with E-state index in [0.717, 1.165) is 0 Å². The Morgan fingerprint density at radius 3 is 2.00 bits per heavy atom. The summed E-state index contributed by atoms with van der Waals surface area (Å²) in [6.07, 6.45) is -3.65. The van der Waals surface area contributed by atoms with Crippen LogP contribution >= 0.6 is 0 Å². The summed E-state index contributed by atoms with van der Waals surface area (Å²) < 4.78 is 33.2. The maximum Gasteiger partial charge on any atom is 0.411 e. The zero-order chi connectivity index (χ0) is 6.62. The topological polar surface area (TPSA) is 38.0 Å². The minimum Gasteiger partial charge on any atom is -0.331 e. The van der Waals surface area contributed by atoms with E-state index in [1.165, 1.54) is 0 Å². The van der Waals surface area contributed by atoms with E-state index in [1.54, 1.807) is 5.43 Å². The zero-order valence-electron chi connectivity index (χ0n) is 3.87. The molecule has 0 spiro atoms. The first-order valence-electron chi connectivity index (χ1n) is 1.77. The lowest BCUT2D eigenvalue weighted by Gasteiger charge is -1.95. The molecule has 0 amide bonds. The molecule has 0 heterocycles. The van der Waals surface area contributed by atoms with Crippen LogP contribution in [-0.4, -0.2) is 6.18 Å². The molecule has 0 aromatic heterocycles. The summed E-state index contributed by atoms with van der Waals surface area (Å²) in [5.74, 6) is 4.50. The van der Waals surface area contributed by atoms with Crippen molar-refractivity contribution >= 4 is 0 Å². The Hall–Kier alpha value is -0.710. The predicted molar refractivity (Wildman–Crippen MR) is 22.5 cm³/mol. The summed E-state index contributed by atoms with van der Waals surface area (Å²) in [5, 5.41) is 0. The van der Waals surface area contributed by atoms with Gasteiger partial charge in [-0.25, -0.2) is 0 Å². The van der Waals surface area contributed by atoms with Gasteiger partial charge in [0.1, 0.15) is 0 Å². The Labute approximate surface area is 44.1 Å². The maximum atomic E-state index is 11.1. The summed E-state index contributed by atoms with van der Waals surface area (Å²) in [6.45, 7) is 0. The van der Waals surface area contributed by atoms with Crippen LogP contribution in [-0.2, 0) is 0 Å².